The zero-order chi connectivity index (χ0) is 22.7. The lowest BCUT2D eigenvalue weighted by Crippen LogP contribution is -2.50. The van der Waals surface area contributed by atoms with E-state index in [4.69, 9.17) is 10.1 Å². The van der Waals surface area contributed by atoms with E-state index in [2.05, 4.69) is 57.3 Å². The summed E-state index contributed by atoms with van der Waals surface area (Å²) in [5, 5.41) is 12.0. The number of benzene rings is 2. The molecule has 1 atom stereocenters. The van der Waals surface area contributed by atoms with Crippen LogP contribution in [-0.2, 0) is 10.2 Å². The molecule has 2 aliphatic rings. The molecule has 1 amide bonds. The van der Waals surface area contributed by atoms with Crippen molar-refractivity contribution in [3.05, 3.63) is 70.2 Å². The molecule has 5 nitrogen and oxygen atoms in total. The smallest absolute Gasteiger partial charge is 0.276 e. The number of nitrogens with zero attached hydrogens (tertiary/aromatic N) is 3. The minimum atomic E-state index is -0.365. The minimum Gasteiger partial charge on any atom is -0.298 e. The molecule has 2 heterocycles. The molecule has 0 saturated heterocycles. The van der Waals surface area contributed by atoms with Crippen molar-refractivity contribution < 1.29 is 4.79 Å². The third-order valence-corrected chi connectivity index (χ3v) is 6.78. The van der Waals surface area contributed by atoms with Gasteiger partial charge >= 0.3 is 0 Å². The maximum atomic E-state index is 13.2. The molecule has 0 radical (unpaired) electrons. The van der Waals surface area contributed by atoms with E-state index in [1.165, 1.54) is 24.8 Å². The predicted molar refractivity (Wildman–Crippen MR) is 133 cm³/mol. The molecule has 0 fully saturated rings. The topological polar surface area (TPSA) is 57.1 Å². The molecular formula is C26H32N4OS. The first-order valence-corrected chi connectivity index (χ1v) is 12.5. The van der Waals surface area contributed by atoms with Gasteiger partial charge in [-0.3, -0.25) is 15.1 Å². The lowest BCUT2D eigenvalue weighted by molar-refractivity contribution is -0.116. The van der Waals surface area contributed by atoms with Gasteiger partial charge in [0.25, 0.3) is 5.91 Å². The summed E-state index contributed by atoms with van der Waals surface area (Å²) in [6.07, 6.45) is 4.42. The largest absolute Gasteiger partial charge is 0.298 e. The fraction of sp³-hybridized carbons (Fsp3) is 0.423. The molecule has 2 aliphatic heterocycles. The third-order valence-electron chi connectivity index (χ3n) is 5.83. The number of carbonyl (C=O) groups excluding carboxylic acids is 1. The quantitative estimate of drug-likeness (QED) is 0.665. The van der Waals surface area contributed by atoms with Gasteiger partial charge in [-0.05, 0) is 29.0 Å². The van der Waals surface area contributed by atoms with Crippen molar-refractivity contribution in [2.24, 2.45) is 10.1 Å². The van der Waals surface area contributed by atoms with Gasteiger partial charge in [-0.2, -0.15) is 0 Å². The van der Waals surface area contributed by atoms with Gasteiger partial charge in [0.05, 0.1) is 5.36 Å². The van der Waals surface area contributed by atoms with Crippen molar-refractivity contribution in [3.63, 3.8) is 0 Å². The molecule has 168 valence electrons. The van der Waals surface area contributed by atoms with Crippen LogP contribution in [0.4, 0.5) is 0 Å². The standard InChI is InChI=1S/C26H32N4OS/c1-5-6-7-10-17-32-25-28-24(31)22-20-11-8-9-12-21(20)27-23(30(22)29-25)18-13-15-19(16-14-18)26(2,3)4/h8-9,11-16,23H,5-7,10,17H2,1-4H3,(H,28,29,31)/t23-/m0/s1. The molecule has 0 aliphatic carbocycles. The Morgan fingerprint density at radius 3 is 2.50 bits per heavy atom. The molecule has 2 aromatic rings. The van der Waals surface area contributed by atoms with Crippen LogP contribution in [0, 0.1) is 0 Å². The number of thioether (sulfide) groups is 1. The van der Waals surface area contributed by atoms with Gasteiger partial charge in [0, 0.05) is 11.0 Å². The van der Waals surface area contributed by atoms with Gasteiger partial charge in [-0.25, -0.2) is 5.01 Å². The van der Waals surface area contributed by atoms with Crippen LogP contribution in [0.15, 0.2) is 58.6 Å². The number of hydrogen-bond donors (Lipinski definition) is 1. The summed E-state index contributed by atoms with van der Waals surface area (Å²) in [5.41, 5.74) is 2.94. The molecule has 32 heavy (non-hydrogen) atoms. The molecule has 2 aromatic carbocycles. The Hall–Kier alpha value is -2.60. The first-order valence-electron chi connectivity index (χ1n) is 11.5. The second-order valence-electron chi connectivity index (χ2n) is 9.35. The van der Waals surface area contributed by atoms with E-state index in [1.807, 2.05) is 29.3 Å². The molecular weight excluding hydrogens is 416 g/mol. The normalized spacial score (nSPS) is 17.8. The molecule has 6 heteroatoms. The number of hydrazone groups is 1. The molecule has 0 unspecified atom stereocenters. The second kappa shape index (κ2) is 9.49. The zero-order valence-corrected chi connectivity index (χ0v) is 20.2. The number of amidine groups is 1. The van der Waals surface area contributed by atoms with Crippen molar-refractivity contribution in [2.75, 3.05) is 5.75 Å². The van der Waals surface area contributed by atoms with E-state index in [1.54, 1.807) is 11.8 Å². The van der Waals surface area contributed by atoms with Gasteiger partial charge < -0.3 is 0 Å². The monoisotopic (exact) mass is 448 g/mol. The van der Waals surface area contributed by atoms with E-state index in [0.717, 1.165) is 28.3 Å². The van der Waals surface area contributed by atoms with Gasteiger partial charge in [0.2, 0.25) is 0 Å². The van der Waals surface area contributed by atoms with Crippen molar-refractivity contribution in [1.29, 1.82) is 0 Å². The molecule has 0 saturated carbocycles. The highest BCUT2D eigenvalue weighted by molar-refractivity contribution is 8.13. The van der Waals surface area contributed by atoms with Crippen LogP contribution in [-0.4, -0.2) is 21.8 Å². The average molecular weight is 449 g/mol. The van der Waals surface area contributed by atoms with Crippen molar-refractivity contribution in [2.45, 2.75) is 65.0 Å². The Bertz CT molecular complexity index is 1130. The Balaban J connectivity index is 1.70. The van der Waals surface area contributed by atoms with Crippen molar-refractivity contribution in [3.8, 4) is 0 Å². The highest BCUT2D eigenvalue weighted by Crippen LogP contribution is 2.32. The number of para-hydroxylation sites is 1. The Kier molecular flexibility index (Phi) is 6.70. The molecule has 1 N–H and O–H groups in total. The highest BCUT2D eigenvalue weighted by Gasteiger charge is 2.34. The maximum absolute atomic E-state index is 13.2. The predicted octanol–water partition coefficient (Wildman–Crippen LogP) is 4.44. The molecule has 4 rings (SSSR count). The summed E-state index contributed by atoms with van der Waals surface area (Å²) in [6, 6.07) is 16.3. The van der Waals surface area contributed by atoms with Gasteiger partial charge in [0.1, 0.15) is 5.70 Å². The summed E-state index contributed by atoms with van der Waals surface area (Å²) >= 11 is 1.61. The van der Waals surface area contributed by atoms with E-state index < -0.39 is 0 Å². The fourth-order valence-corrected chi connectivity index (χ4v) is 4.81. The molecule has 0 spiro atoms. The van der Waals surface area contributed by atoms with Gasteiger partial charge in [-0.15, -0.1) is 5.10 Å². The maximum Gasteiger partial charge on any atom is 0.276 e. The lowest BCUT2D eigenvalue weighted by atomic mass is 9.86. The Labute approximate surface area is 194 Å². The van der Waals surface area contributed by atoms with E-state index in [9.17, 15) is 4.79 Å². The van der Waals surface area contributed by atoms with Gasteiger partial charge in [-0.1, -0.05) is 101 Å². The SMILES string of the molecule is CCCCCCSC1=NN2C(=c3ccccc3=N[C@@H]2c2ccc(C(C)(C)C)cc2)C(=O)N1. The number of unbranched alkanes of at least 4 members (excludes halogenated alkanes) is 3. The summed E-state index contributed by atoms with van der Waals surface area (Å²) in [4.78, 5) is 18.2. The first kappa shape index (κ1) is 22.6. The average Bonchev–Trinajstić information content (AvgIpc) is 2.77. The summed E-state index contributed by atoms with van der Waals surface area (Å²) < 4.78 is 0. The summed E-state index contributed by atoms with van der Waals surface area (Å²) in [7, 11) is 0. The van der Waals surface area contributed by atoms with Crippen molar-refractivity contribution >= 4 is 28.5 Å². The molecule has 0 aromatic heterocycles. The first-order chi connectivity index (χ1) is 15.4. The van der Waals surface area contributed by atoms with Crippen molar-refractivity contribution in [1.82, 2.24) is 10.3 Å². The van der Waals surface area contributed by atoms with Crippen LogP contribution in [0.3, 0.4) is 0 Å². The Morgan fingerprint density at radius 2 is 1.78 bits per heavy atom. The highest BCUT2D eigenvalue weighted by atomic mass is 32.2. The fourth-order valence-electron chi connectivity index (χ4n) is 3.96. The number of carbonyl (C=O) groups is 1. The number of nitrogens with one attached hydrogen (secondary N) is 1. The summed E-state index contributed by atoms with van der Waals surface area (Å²) in [6.45, 7) is 8.83. The number of fused-ring (bicyclic) bond motifs is 2. The van der Waals surface area contributed by atoms with Crippen LogP contribution < -0.4 is 15.9 Å². The number of amides is 1. The lowest BCUT2D eigenvalue weighted by Gasteiger charge is -2.34. The summed E-state index contributed by atoms with van der Waals surface area (Å²) in [5.74, 6) is 0.829. The third kappa shape index (κ3) is 4.75. The van der Waals surface area contributed by atoms with E-state index >= 15 is 0 Å². The minimum absolute atomic E-state index is 0.0802. The van der Waals surface area contributed by atoms with Crippen LogP contribution in [0.2, 0.25) is 0 Å². The zero-order valence-electron chi connectivity index (χ0n) is 19.4. The van der Waals surface area contributed by atoms with Gasteiger partial charge in [0.15, 0.2) is 11.3 Å². The van der Waals surface area contributed by atoms with E-state index in [0.29, 0.717) is 10.9 Å². The number of hydrogen-bond acceptors (Lipinski definition) is 5. The second-order valence-corrected chi connectivity index (χ2v) is 10.4. The number of rotatable bonds is 6. The van der Waals surface area contributed by atoms with Crippen LogP contribution >= 0.6 is 11.8 Å². The van der Waals surface area contributed by atoms with E-state index in [-0.39, 0.29) is 17.5 Å². The van der Waals surface area contributed by atoms with Crippen LogP contribution in [0.1, 0.15) is 70.7 Å². The molecule has 0 bridgehead atoms. The van der Waals surface area contributed by atoms with Crippen LogP contribution in [0.25, 0.3) is 5.70 Å². The Morgan fingerprint density at radius 1 is 1.03 bits per heavy atom. The van der Waals surface area contributed by atoms with Crippen LogP contribution in [0.5, 0.6) is 0 Å².